The Bertz CT molecular complexity index is 524. The van der Waals surface area contributed by atoms with Crippen molar-refractivity contribution < 1.29 is 9.84 Å². The molecule has 1 aliphatic heterocycles. The van der Waals surface area contributed by atoms with Gasteiger partial charge in [-0.15, -0.1) is 0 Å². The smallest absolute Gasteiger partial charge is 0.330 e. The molecule has 0 bridgehead atoms. The van der Waals surface area contributed by atoms with E-state index in [-0.39, 0.29) is 18.6 Å². The monoisotopic (exact) mass is 352 g/mol. The molecule has 2 N–H and O–H groups in total. The van der Waals surface area contributed by atoms with E-state index < -0.39 is 17.5 Å². The number of halogens is 1. The van der Waals surface area contributed by atoms with Crippen molar-refractivity contribution in [1.82, 2.24) is 9.55 Å². The van der Waals surface area contributed by atoms with Gasteiger partial charge in [0.15, 0.2) is 0 Å². The number of aromatic nitrogens is 2. The van der Waals surface area contributed by atoms with E-state index in [0.717, 1.165) is 0 Å². The molecule has 2 heterocycles. The van der Waals surface area contributed by atoms with Gasteiger partial charge in [-0.25, -0.2) is 4.79 Å². The molecule has 1 aromatic heterocycles. The number of hydrogen-bond acceptors (Lipinski definition) is 4. The normalized spacial score (nSPS) is 28.5. The molecule has 0 amide bonds. The van der Waals surface area contributed by atoms with Gasteiger partial charge in [0.2, 0.25) is 0 Å². The standard InChI is InChI=1S/C10H13IN2O4/c1-5-2-8(17-7(5)4-14)13-3-6(11)9(15)12-10(13)16/h3,5,7-8,14H,2,4H2,1H3,(H,12,15,16)/t5?,7-,8-/m1/s1. The second kappa shape index (κ2) is 4.91. The van der Waals surface area contributed by atoms with E-state index in [0.29, 0.717) is 9.99 Å². The predicted molar refractivity (Wildman–Crippen MR) is 68.8 cm³/mol. The molecule has 1 unspecified atom stereocenters. The molecule has 1 aromatic rings. The van der Waals surface area contributed by atoms with E-state index in [1.165, 1.54) is 10.8 Å². The van der Waals surface area contributed by atoms with Gasteiger partial charge in [0.05, 0.1) is 16.3 Å². The minimum atomic E-state index is -0.480. The highest BCUT2D eigenvalue weighted by Gasteiger charge is 2.33. The van der Waals surface area contributed by atoms with Gasteiger partial charge >= 0.3 is 5.69 Å². The summed E-state index contributed by atoms with van der Waals surface area (Å²) < 4.78 is 7.38. The van der Waals surface area contributed by atoms with Crippen LogP contribution in [0.4, 0.5) is 0 Å². The van der Waals surface area contributed by atoms with Crippen molar-refractivity contribution in [1.29, 1.82) is 0 Å². The minimum Gasteiger partial charge on any atom is -0.394 e. The third-order valence-electron chi connectivity index (χ3n) is 2.95. The van der Waals surface area contributed by atoms with Crippen LogP contribution in [0.2, 0.25) is 0 Å². The van der Waals surface area contributed by atoms with Gasteiger partial charge in [-0.05, 0) is 34.9 Å². The van der Waals surface area contributed by atoms with Gasteiger partial charge in [0, 0.05) is 6.20 Å². The van der Waals surface area contributed by atoms with Crippen molar-refractivity contribution in [2.75, 3.05) is 6.61 Å². The van der Waals surface area contributed by atoms with Crippen LogP contribution >= 0.6 is 22.6 Å². The fraction of sp³-hybridized carbons (Fsp3) is 0.600. The van der Waals surface area contributed by atoms with Crippen molar-refractivity contribution >= 4 is 22.6 Å². The van der Waals surface area contributed by atoms with Gasteiger partial charge in [0.1, 0.15) is 6.23 Å². The van der Waals surface area contributed by atoms with Gasteiger partial charge in [0.25, 0.3) is 5.56 Å². The Balaban J connectivity index is 2.34. The van der Waals surface area contributed by atoms with Crippen LogP contribution in [0.15, 0.2) is 15.8 Å². The summed E-state index contributed by atoms with van der Waals surface area (Å²) in [4.78, 5) is 25.1. The maximum Gasteiger partial charge on any atom is 0.330 e. The molecule has 7 heteroatoms. The number of H-pyrrole nitrogens is 1. The Morgan fingerprint density at radius 2 is 2.35 bits per heavy atom. The predicted octanol–water partition coefficient (Wildman–Crippen LogP) is 0.0571. The largest absolute Gasteiger partial charge is 0.394 e. The highest BCUT2D eigenvalue weighted by atomic mass is 127. The lowest BCUT2D eigenvalue weighted by Crippen LogP contribution is -2.33. The first-order chi connectivity index (χ1) is 8.02. The van der Waals surface area contributed by atoms with E-state index in [9.17, 15) is 9.59 Å². The highest BCUT2D eigenvalue weighted by molar-refractivity contribution is 14.1. The number of nitrogens with zero attached hydrogens (tertiary/aromatic N) is 1. The molecule has 17 heavy (non-hydrogen) atoms. The minimum absolute atomic E-state index is 0.0626. The van der Waals surface area contributed by atoms with E-state index >= 15 is 0 Å². The number of nitrogens with one attached hydrogen (secondary N) is 1. The number of aromatic amines is 1. The maximum absolute atomic E-state index is 11.6. The number of hydrogen-bond donors (Lipinski definition) is 2. The van der Waals surface area contributed by atoms with Crippen LogP contribution < -0.4 is 11.2 Å². The zero-order chi connectivity index (χ0) is 12.6. The Kier molecular flexibility index (Phi) is 3.69. The van der Waals surface area contributed by atoms with Gasteiger partial charge < -0.3 is 9.84 Å². The molecule has 2 rings (SSSR count). The summed E-state index contributed by atoms with van der Waals surface area (Å²) in [7, 11) is 0. The number of ether oxygens (including phenoxy) is 1. The zero-order valence-electron chi connectivity index (χ0n) is 9.22. The second-order valence-corrected chi connectivity index (χ2v) is 5.33. The molecule has 3 atom stereocenters. The van der Waals surface area contributed by atoms with Crippen LogP contribution in [0.1, 0.15) is 19.6 Å². The summed E-state index contributed by atoms with van der Waals surface area (Å²) in [5, 5.41) is 9.10. The van der Waals surface area contributed by atoms with Crippen LogP contribution in [0, 0.1) is 9.49 Å². The molecule has 1 saturated heterocycles. The molecule has 0 aliphatic carbocycles. The number of aliphatic hydroxyl groups excluding tert-OH is 1. The lowest BCUT2D eigenvalue weighted by Gasteiger charge is -2.14. The van der Waals surface area contributed by atoms with Gasteiger partial charge in [-0.3, -0.25) is 14.3 Å². The third kappa shape index (κ3) is 2.45. The SMILES string of the molecule is CC1C[C@H](n2cc(I)c(=O)[nH]c2=O)O[C@@H]1CO. The van der Waals surface area contributed by atoms with Crippen LogP contribution in [0.25, 0.3) is 0 Å². The van der Waals surface area contributed by atoms with Gasteiger partial charge in [-0.1, -0.05) is 6.92 Å². The third-order valence-corrected chi connectivity index (χ3v) is 3.72. The first-order valence-electron chi connectivity index (χ1n) is 5.30. The maximum atomic E-state index is 11.6. The molecule has 0 saturated carbocycles. The van der Waals surface area contributed by atoms with E-state index in [1.807, 2.05) is 29.5 Å². The van der Waals surface area contributed by atoms with Crippen molar-refractivity contribution in [3.63, 3.8) is 0 Å². The van der Waals surface area contributed by atoms with E-state index in [1.54, 1.807) is 0 Å². The quantitative estimate of drug-likeness (QED) is 0.738. The van der Waals surface area contributed by atoms with Crippen molar-refractivity contribution in [3.05, 3.63) is 30.6 Å². The Morgan fingerprint density at radius 3 is 2.94 bits per heavy atom. The fourth-order valence-corrected chi connectivity index (χ4v) is 2.37. The summed E-state index contributed by atoms with van der Waals surface area (Å²) in [5.41, 5.74) is -0.872. The van der Waals surface area contributed by atoms with Crippen molar-refractivity contribution in [2.45, 2.75) is 25.7 Å². The molecule has 1 fully saturated rings. The average Bonchev–Trinajstić information content (AvgIpc) is 2.65. The Labute approximate surface area is 111 Å². The van der Waals surface area contributed by atoms with Crippen molar-refractivity contribution in [2.24, 2.45) is 5.92 Å². The summed E-state index contributed by atoms with van der Waals surface area (Å²) >= 11 is 1.86. The molecule has 6 nitrogen and oxygen atoms in total. The number of rotatable bonds is 2. The van der Waals surface area contributed by atoms with Crippen molar-refractivity contribution in [3.8, 4) is 0 Å². The Hall–Kier alpha value is -0.670. The molecular formula is C10H13IN2O4. The van der Waals surface area contributed by atoms with Crippen LogP contribution in [-0.4, -0.2) is 27.4 Å². The lowest BCUT2D eigenvalue weighted by atomic mass is 10.0. The van der Waals surface area contributed by atoms with Gasteiger partial charge in [-0.2, -0.15) is 0 Å². The Morgan fingerprint density at radius 1 is 1.65 bits per heavy atom. The summed E-state index contributed by atoms with van der Waals surface area (Å²) in [6.45, 7) is 1.90. The molecule has 0 aromatic carbocycles. The average molecular weight is 352 g/mol. The summed E-state index contributed by atoms with van der Waals surface area (Å²) in [6.07, 6.45) is 1.46. The van der Waals surface area contributed by atoms with E-state index in [4.69, 9.17) is 9.84 Å². The molecular weight excluding hydrogens is 339 g/mol. The first kappa shape index (κ1) is 12.8. The molecule has 1 aliphatic rings. The zero-order valence-corrected chi connectivity index (χ0v) is 11.4. The number of aliphatic hydroxyl groups is 1. The first-order valence-corrected chi connectivity index (χ1v) is 6.38. The summed E-state index contributed by atoms with van der Waals surface area (Å²) in [6, 6.07) is 0. The second-order valence-electron chi connectivity index (χ2n) is 4.17. The highest BCUT2D eigenvalue weighted by Crippen LogP contribution is 2.31. The van der Waals surface area contributed by atoms with Crippen LogP contribution in [0.5, 0.6) is 0 Å². The molecule has 0 spiro atoms. The molecule has 0 radical (unpaired) electrons. The molecule has 94 valence electrons. The summed E-state index contributed by atoms with van der Waals surface area (Å²) in [5.74, 6) is 0.182. The fourth-order valence-electron chi connectivity index (χ4n) is 1.94. The van der Waals surface area contributed by atoms with Crippen LogP contribution in [0.3, 0.4) is 0 Å². The van der Waals surface area contributed by atoms with E-state index in [2.05, 4.69) is 4.98 Å². The lowest BCUT2D eigenvalue weighted by molar-refractivity contribution is -0.0314. The van der Waals surface area contributed by atoms with Crippen LogP contribution in [-0.2, 0) is 4.74 Å². The topological polar surface area (TPSA) is 84.3 Å².